The number of nitrogens with zero attached hydrogens (tertiary/aromatic N) is 4. The number of aromatic nitrogens is 2. The minimum absolute atomic E-state index is 0.250. The molecule has 4 rings (SSSR count). The number of anilines is 1. The number of carbonyl (C=O) groups is 1. The molecule has 2 heterocycles. The highest BCUT2D eigenvalue weighted by Crippen LogP contribution is 2.41. The zero-order valence-electron chi connectivity index (χ0n) is 15.3. The Morgan fingerprint density at radius 3 is 2.58 bits per heavy atom. The minimum atomic E-state index is -0.250. The second kappa shape index (κ2) is 8.31. The summed E-state index contributed by atoms with van der Waals surface area (Å²) in [5, 5.41) is 11.1. The average Bonchev–Trinajstić information content (AvgIpc) is 3.15. The topological polar surface area (TPSA) is 82.7 Å². The molecule has 1 saturated heterocycles. The largest absolute Gasteiger partial charge is 0.483 e. The van der Waals surface area contributed by atoms with E-state index in [1.807, 2.05) is 0 Å². The van der Waals surface area contributed by atoms with Crippen molar-refractivity contribution in [2.75, 3.05) is 25.5 Å². The molecule has 0 radical (unpaired) electrons. The van der Waals surface area contributed by atoms with Crippen LogP contribution in [0.2, 0.25) is 0 Å². The number of hydrogen-bond acceptors (Lipinski definition) is 6. The van der Waals surface area contributed by atoms with Crippen molar-refractivity contribution in [3.63, 3.8) is 0 Å². The van der Waals surface area contributed by atoms with Gasteiger partial charge in [0.05, 0.1) is 6.04 Å². The summed E-state index contributed by atoms with van der Waals surface area (Å²) in [6.45, 7) is 1.73. The summed E-state index contributed by atoms with van der Waals surface area (Å²) in [5.74, 6) is 2.11. The zero-order chi connectivity index (χ0) is 18.5. The Labute approximate surface area is 153 Å². The predicted molar refractivity (Wildman–Crippen MR) is 98.1 cm³/mol. The second-order valence-corrected chi connectivity index (χ2v) is 7.14. The van der Waals surface area contributed by atoms with Gasteiger partial charge >= 0.3 is 0 Å². The molecule has 7 heteroatoms. The highest BCUT2D eigenvalue weighted by Gasteiger charge is 2.33. The molecule has 1 aromatic carbocycles. The van der Waals surface area contributed by atoms with Gasteiger partial charge < -0.3 is 19.4 Å². The molecular weight excluding hydrogens is 332 g/mol. The Balaban J connectivity index is 0.000000613. The fourth-order valence-electron chi connectivity index (χ4n) is 3.40. The molecule has 1 unspecified atom stereocenters. The van der Waals surface area contributed by atoms with E-state index in [0.29, 0.717) is 12.0 Å². The first-order valence-electron chi connectivity index (χ1n) is 9.04. The summed E-state index contributed by atoms with van der Waals surface area (Å²) in [6, 6.07) is 9.34. The quantitative estimate of drug-likeness (QED) is 0.823. The molecule has 140 valence electrons. The van der Waals surface area contributed by atoms with Crippen molar-refractivity contribution in [3.05, 3.63) is 41.3 Å². The molecular formula is C19H26N4O3. The van der Waals surface area contributed by atoms with E-state index in [2.05, 4.69) is 58.3 Å². The zero-order valence-corrected chi connectivity index (χ0v) is 15.3. The van der Waals surface area contributed by atoms with Crippen LogP contribution in [0.5, 0.6) is 0 Å². The van der Waals surface area contributed by atoms with Crippen LogP contribution in [0.4, 0.5) is 5.95 Å². The monoisotopic (exact) mass is 358 g/mol. The van der Waals surface area contributed by atoms with Gasteiger partial charge in [0.15, 0.2) is 0 Å². The van der Waals surface area contributed by atoms with Gasteiger partial charge in [-0.05, 0) is 56.1 Å². The van der Waals surface area contributed by atoms with E-state index >= 15 is 0 Å². The van der Waals surface area contributed by atoms with Crippen LogP contribution in [0, 0.1) is 0 Å². The lowest BCUT2D eigenvalue weighted by Gasteiger charge is -2.23. The molecule has 1 aliphatic carbocycles. The van der Waals surface area contributed by atoms with E-state index in [0.717, 1.165) is 31.3 Å². The molecule has 2 fully saturated rings. The Hall–Kier alpha value is -2.41. The van der Waals surface area contributed by atoms with Crippen LogP contribution in [0.15, 0.2) is 28.8 Å². The summed E-state index contributed by atoms with van der Waals surface area (Å²) in [7, 11) is 4.20. The van der Waals surface area contributed by atoms with Gasteiger partial charge in [0, 0.05) is 19.0 Å². The van der Waals surface area contributed by atoms with E-state index in [4.69, 9.17) is 14.4 Å². The lowest BCUT2D eigenvalue weighted by Crippen LogP contribution is -2.23. The number of hydrogen-bond donors (Lipinski definition) is 1. The van der Waals surface area contributed by atoms with Crippen LogP contribution < -0.4 is 4.90 Å². The fraction of sp³-hybridized carbons (Fsp3) is 0.526. The third-order valence-electron chi connectivity index (χ3n) is 4.73. The number of benzene rings is 1. The molecule has 0 amide bonds. The lowest BCUT2D eigenvalue weighted by atomic mass is 10.0. The Morgan fingerprint density at radius 1 is 1.27 bits per heavy atom. The van der Waals surface area contributed by atoms with E-state index < -0.39 is 0 Å². The normalized spacial score (nSPS) is 19.3. The first-order valence-corrected chi connectivity index (χ1v) is 9.04. The summed E-state index contributed by atoms with van der Waals surface area (Å²) >= 11 is 0. The highest BCUT2D eigenvalue weighted by molar-refractivity contribution is 5.38. The fourth-order valence-corrected chi connectivity index (χ4v) is 3.40. The Bertz CT molecular complexity index is 710. The van der Waals surface area contributed by atoms with Crippen LogP contribution in [-0.2, 0) is 11.3 Å². The molecule has 2 aliphatic rings. The summed E-state index contributed by atoms with van der Waals surface area (Å²) in [6.07, 6.45) is 4.72. The second-order valence-electron chi connectivity index (χ2n) is 7.14. The van der Waals surface area contributed by atoms with Gasteiger partial charge in [0.2, 0.25) is 5.89 Å². The van der Waals surface area contributed by atoms with Crippen molar-refractivity contribution in [2.45, 2.75) is 44.2 Å². The molecule has 1 atom stereocenters. The first-order chi connectivity index (χ1) is 12.6. The summed E-state index contributed by atoms with van der Waals surface area (Å²) in [4.78, 5) is 17.5. The van der Waals surface area contributed by atoms with Gasteiger partial charge in [-0.2, -0.15) is 4.98 Å². The maximum Gasteiger partial charge on any atom is 0.290 e. The smallest absolute Gasteiger partial charge is 0.290 e. The van der Waals surface area contributed by atoms with Crippen LogP contribution in [0.25, 0.3) is 0 Å². The van der Waals surface area contributed by atoms with Crippen molar-refractivity contribution >= 4 is 12.4 Å². The molecule has 1 saturated carbocycles. The maximum absolute atomic E-state index is 8.36. The SMILES string of the molecule is CN(C)Cc1ccc(C2CCCN2c2noc(C3CC3)n2)cc1.O=CO. The third kappa shape index (κ3) is 4.40. The van der Waals surface area contributed by atoms with Crippen molar-refractivity contribution < 1.29 is 14.4 Å². The van der Waals surface area contributed by atoms with Gasteiger partial charge in [0.1, 0.15) is 0 Å². The molecule has 7 nitrogen and oxygen atoms in total. The van der Waals surface area contributed by atoms with E-state index in [1.54, 1.807) is 0 Å². The molecule has 0 spiro atoms. The molecule has 1 aromatic heterocycles. The van der Waals surface area contributed by atoms with Crippen molar-refractivity contribution in [1.82, 2.24) is 15.0 Å². The number of carboxylic acid groups (broad SMARTS) is 1. The maximum atomic E-state index is 8.36. The Kier molecular flexibility index (Phi) is 5.88. The van der Waals surface area contributed by atoms with Crippen LogP contribution >= 0.6 is 0 Å². The van der Waals surface area contributed by atoms with Crippen molar-refractivity contribution in [1.29, 1.82) is 0 Å². The van der Waals surface area contributed by atoms with Gasteiger partial charge in [-0.15, -0.1) is 0 Å². The molecule has 1 aliphatic heterocycles. The molecule has 1 N–H and O–H groups in total. The Morgan fingerprint density at radius 2 is 1.96 bits per heavy atom. The van der Waals surface area contributed by atoms with Crippen molar-refractivity contribution in [3.8, 4) is 0 Å². The van der Waals surface area contributed by atoms with E-state index in [-0.39, 0.29) is 6.47 Å². The van der Waals surface area contributed by atoms with Crippen molar-refractivity contribution in [2.24, 2.45) is 0 Å². The molecule has 26 heavy (non-hydrogen) atoms. The standard InChI is InChI=1S/C18H24N4O.CH2O2/c1-21(2)12-13-5-7-14(8-6-13)16-4-3-11-22(16)18-19-17(23-20-18)15-9-10-15;2-1-3/h5-8,15-16H,3-4,9-12H2,1-2H3;1H,(H,2,3). The predicted octanol–water partition coefficient (Wildman–Crippen LogP) is 3.05. The van der Waals surface area contributed by atoms with Gasteiger partial charge in [-0.3, -0.25) is 4.79 Å². The van der Waals surface area contributed by atoms with Gasteiger partial charge in [0.25, 0.3) is 12.4 Å². The molecule has 0 bridgehead atoms. The third-order valence-corrected chi connectivity index (χ3v) is 4.73. The molecule has 2 aromatic rings. The average molecular weight is 358 g/mol. The van der Waals surface area contributed by atoms with E-state index in [1.165, 1.54) is 30.4 Å². The van der Waals surface area contributed by atoms with Gasteiger partial charge in [-0.25, -0.2) is 0 Å². The lowest BCUT2D eigenvalue weighted by molar-refractivity contribution is -0.122. The highest BCUT2D eigenvalue weighted by atomic mass is 16.5. The van der Waals surface area contributed by atoms with Crippen LogP contribution in [-0.4, -0.2) is 47.3 Å². The minimum Gasteiger partial charge on any atom is -0.483 e. The number of rotatable bonds is 5. The summed E-state index contributed by atoms with van der Waals surface area (Å²) in [5.41, 5.74) is 2.70. The van der Waals surface area contributed by atoms with E-state index in [9.17, 15) is 0 Å². The van der Waals surface area contributed by atoms with Gasteiger partial charge in [-0.1, -0.05) is 24.3 Å². The first kappa shape index (κ1) is 18.4. The van der Waals surface area contributed by atoms with Crippen LogP contribution in [0.3, 0.4) is 0 Å². The van der Waals surface area contributed by atoms with Crippen LogP contribution in [0.1, 0.15) is 54.7 Å². The summed E-state index contributed by atoms with van der Waals surface area (Å²) < 4.78 is 5.44.